The van der Waals surface area contributed by atoms with E-state index in [1.54, 1.807) is 0 Å². The molecule has 1 amide bonds. The molecule has 0 aliphatic rings. The largest absolute Gasteiger partial charge is 0.504 e. The van der Waals surface area contributed by atoms with Crippen molar-refractivity contribution in [2.24, 2.45) is 0 Å². The third-order valence-corrected chi connectivity index (χ3v) is 3.26. The number of hydrogen-bond donors (Lipinski definition) is 4. The lowest BCUT2D eigenvalue weighted by molar-refractivity contribution is -0.141. The van der Waals surface area contributed by atoms with Gasteiger partial charge < -0.3 is 20.6 Å². The van der Waals surface area contributed by atoms with Crippen molar-refractivity contribution >= 4 is 23.6 Å². The van der Waals surface area contributed by atoms with E-state index >= 15 is 0 Å². The molecule has 7 heteroatoms. The standard InChI is InChI=1S/C13H17NO5S/c1-20-5-4-12(17)14-9(13(18)19)6-8-2-3-10(15)11(16)7-8/h2-3,7,9,15-16H,4-6H2,1H3,(H,14,17)(H,18,19). The van der Waals surface area contributed by atoms with Crippen molar-refractivity contribution in [3.8, 4) is 11.5 Å². The van der Waals surface area contributed by atoms with Gasteiger partial charge in [0.15, 0.2) is 11.5 Å². The summed E-state index contributed by atoms with van der Waals surface area (Å²) in [5.74, 6) is -1.44. The van der Waals surface area contributed by atoms with Crippen LogP contribution in [0.4, 0.5) is 0 Å². The highest BCUT2D eigenvalue weighted by Crippen LogP contribution is 2.25. The van der Waals surface area contributed by atoms with E-state index in [0.29, 0.717) is 11.3 Å². The Labute approximate surface area is 120 Å². The maximum atomic E-state index is 11.6. The van der Waals surface area contributed by atoms with Crippen LogP contribution in [0, 0.1) is 0 Å². The van der Waals surface area contributed by atoms with Crippen molar-refractivity contribution in [3.63, 3.8) is 0 Å². The van der Waals surface area contributed by atoms with Crippen LogP contribution in [-0.4, -0.2) is 45.2 Å². The SMILES string of the molecule is CSCCC(=O)NC(Cc1ccc(O)c(O)c1)C(=O)O. The Hall–Kier alpha value is -1.89. The first-order chi connectivity index (χ1) is 9.43. The number of rotatable bonds is 7. The molecule has 0 heterocycles. The predicted molar refractivity (Wildman–Crippen MR) is 76.0 cm³/mol. The minimum Gasteiger partial charge on any atom is -0.504 e. The van der Waals surface area contributed by atoms with Crippen molar-refractivity contribution in [2.75, 3.05) is 12.0 Å². The number of hydrogen-bond acceptors (Lipinski definition) is 5. The second-order valence-electron chi connectivity index (χ2n) is 4.23. The molecule has 0 bridgehead atoms. The molecule has 1 rings (SSSR count). The van der Waals surface area contributed by atoms with Gasteiger partial charge in [-0.15, -0.1) is 0 Å². The number of nitrogens with one attached hydrogen (secondary N) is 1. The minimum atomic E-state index is -1.14. The van der Waals surface area contributed by atoms with E-state index in [1.807, 2.05) is 6.26 Å². The van der Waals surface area contributed by atoms with Crippen LogP contribution in [0.1, 0.15) is 12.0 Å². The van der Waals surface area contributed by atoms with Crippen LogP contribution in [0.3, 0.4) is 0 Å². The van der Waals surface area contributed by atoms with Crippen LogP contribution in [0.15, 0.2) is 18.2 Å². The molecule has 4 N–H and O–H groups in total. The Morgan fingerprint density at radius 3 is 2.55 bits per heavy atom. The second-order valence-corrected chi connectivity index (χ2v) is 5.21. The molecular weight excluding hydrogens is 282 g/mol. The van der Waals surface area contributed by atoms with Crippen LogP contribution in [-0.2, 0) is 16.0 Å². The van der Waals surface area contributed by atoms with Crippen LogP contribution < -0.4 is 5.32 Å². The number of carbonyl (C=O) groups is 2. The fourth-order valence-electron chi connectivity index (χ4n) is 1.59. The summed E-state index contributed by atoms with van der Waals surface area (Å²) in [6, 6.07) is 2.99. The number of aliphatic carboxylic acids is 1. The Morgan fingerprint density at radius 1 is 1.30 bits per heavy atom. The van der Waals surface area contributed by atoms with Gasteiger partial charge in [-0.25, -0.2) is 4.79 Å². The van der Waals surface area contributed by atoms with Crippen molar-refractivity contribution < 1.29 is 24.9 Å². The van der Waals surface area contributed by atoms with Gasteiger partial charge in [0.1, 0.15) is 6.04 Å². The zero-order valence-corrected chi connectivity index (χ0v) is 11.8. The quantitative estimate of drug-likeness (QED) is 0.559. The number of benzene rings is 1. The van der Waals surface area contributed by atoms with Crippen molar-refractivity contribution in [3.05, 3.63) is 23.8 Å². The lowest BCUT2D eigenvalue weighted by Crippen LogP contribution is -2.42. The van der Waals surface area contributed by atoms with Crippen LogP contribution in [0.2, 0.25) is 0 Å². The molecule has 0 saturated carbocycles. The molecule has 20 heavy (non-hydrogen) atoms. The third-order valence-electron chi connectivity index (χ3n) is 2.65. The first kappa shape index (κ1) is 16.2. The summed E-state index contributed by atoms with van der Waals surface area (Å²) in [5.41, 5.74) is 0.512. The molecule has 110 valence electrons. The molecule has 0 fully saturated rings. The number of carboxylic acid groups (broad SMARTS) is 1. The summed E-state index contributed by atoms with van der Waals surface area (Å²) in [7, 11) is 0. The predicted octanol–water partition coefficient (Wildman–Crippen LogP) is 0.963. The van der Waals surface area contributed by atoms with Gasteiger partial charge in [0.25, 0.3) is 0 Å². The Morgan fingerprint density at radius 2 is 2.00 bits per heavy atom. The Balaban J connectivity index is 2.69. The van der Waals surface area contributed by atoms with Gasteiger partial charge in [-0.3, -0.25) is 4.79 Å². The first-order valence-corrected chi connectivity index (χ1v) is 7.35. The van der Waals surface area contributed by atoms with Crippen molar-refractivity contribution in [1.29, 1.82) is 0 Å². The number of amides is 1. The maximum absolute atomic E-state index is 11.6. The van der Waals surface area contributed by atoms with E-state index in [-0.39, 0.29) is 30.2 Å². The molecule has 0 spiro atoms. The number of carbonyl (C=O) groups excluding carboxylic acids is 1. The van der Waals surface area contributed by atoms with E-state index in [9.17, 15) is 19.8 Å². The lowest BCUT2D eigenvalue weighted by Gasteiger charge is -2.14. The van der Waals surface area contributed by atoms with Gasteiger partial charge in [-0.2, -0.15) is 11.8 Å². The molecule has 0 radical (unpaired) electrons. The average molecular weight is 299 g/mol. The summed E-state index contributed by atoms with van der Waals surface area (Å²) in [6.45, 7) is 0. The zero-order valence-electron chi connectivity index (χ0n) is 11.0. The van der Waals surface area contributed by atoms with Gasteiger partial charge in [0.2, 0.25) is 5.91 Å². The van der Waals surface area contributed by atoms with E-state index in [1.165, 1.54) is 30.0 Å². The summed E-state index contributed by atoms with van der Waals surface area (Å²) in [5, 5.41) is 30.1. The fourth-order valence-corrected chi connectivity index (χ4v) is 1.98. The maximum Gasteiger partial charge on any atom is 0.326 e. The molecule has 0 aliphatic carbocycles. The highest BCUT2D eigenvalue weighted by molar-refractivity contribution is 7.98. The van der Waals surface area contributed by atoms with Gasteiger partial charge in [0, 0.05) is 18.6 Å². The average Bonchev–Trinajstić information content (AvgIpc) is 2.39. The normalized spacial score (nSPS) is 11.8. The number of carboxylic acids is 1. The summed E-state index contributed by atoms with van der Waals surface area (Å²) < 4.78 is 0. The molecule has 1 aromatic rings. The molecule has 1 unspecified atom stereocenters. The summed E-state index contributed by atoms with van der Waals surface area (Å²) >= 11 is 1.50. The minimum absolute atomic E-state index is 0.0359. The number of phenolic OH excluding ortho intramolecular Hbond substituents is 2. The number of phenols is 2. The van der Waals surface area contributed by atoms with E-state index < -0.39 is 12.0 Å². The van der Waals surface area contributed by atoms with Crippen molar-refractivity contribution in [1.82, 2.24) is 5.32 Å². The topological polar surface area (TPSA) is 107 Å². The molecule has 0 aromatic heterocycles. The van der Waals surface area contributed by atoms with Crippen LogP contribution >= 0.6 is 11.8 Å². The third kappa shape index (κ3) is 5.00. The number of aromatic hydroxyl groups is 2. The molecule has 6 nitrogen and oxygen atoms in total. The van der Waals surface area contributed by atoms with Crippen LogP contribution in [0.25, 0.3) is 0 Å². The smallest absolute Gasteiger partial charge is 0.326 e. The van der Waals surface area contributed by atoms with Gasteiger partial charge in [-0.1, -0.05) is 6.07 Å². The molecule has 1 atom stereocenters. The Kier molecular flexibility index (Phi) is 6.17. The van der Waals surface area contributed by atoms with Crippen molar-refractivity contribution in [2.45, 2.75) is 18.9 Å². The molecular formula is C13H17NO5S. The van der Waals surface area contributed by atoms with E-state index in [0.717, 1.165) is 0 Å². The first-order valence-electron chi connectivity index (χ1n) is 5.96. The molecule has 0 aliphatic heterocycles. The van der Waals surface area contributed by atoms with Gasteiger partial charge >= 0.3 is 5.97 Å². The lowest BCUT2D eigenvalue weighted by atomic mass is 10.1. The van der Waals surface area contributed by atoms with E-state index in [4.69, 9.17) is 5.11 Å². The fraction of sp³-hybridized carbons (Fsp3) is 0.385. The highest BCUT2D eigenvalue weighted by Gasteiger charge is 2.20. The Bertz CT molecular complexity index is 492. The zero-order chi connectivity index (χ0) is 15.1. The van der Waals surface area contributed by atoms with Gasteiger partial charge in [0.05, 0.1) is 0 Å². The van der Waals surface area contributed by atoms with E-state index in [2.05, 4.69) is 5.32 Å². The van der Waals surface area contributed by atoms with Gasteiger partial charge in [-0.05, 0) is 24.0 Å². The number of thioether (sulfide) groups is 1. The second kappa shape index (κ2) is 7.64. The highest BCUT2D eigenvalue weighted by atomic mass is 32.2. The monoisotopic (exact) mass is 299 g/mol. The molecule has 1 aromatic carbocycles. The summed E-state index contributed by atoms with van der Waals surface area (Å²) in [4.78, 5) is 22.7. The molecule has 0 saturated heterocycles. The summed E-state index contributed by atoms with van der Waals surface area (Å²) in [6.07, 6.45) is 2.15. The van der Waals surface area contributed by atoms with Crippen LogP contribution in [0.5, 0.6) is 11.5 Å².